The molecule has 0 N–H and O–H groups in total. The van der Waals surface area contributed by atoms with Gasteiger partial charge in [0.05, 0.1) is 11.6 Å². The standard InChI is InChI=1S/C10H8BrClF2O3/c1-2-16-9(15)10(13,14)17-8-4-3-6(11)5-7(8)12/h3-5H,2H2,1H3. The van der Waals surface area contributed by atoms with Crippen LogP contribution in [0, 0.1) is 0 Å². The molecule has 0 bridgehead atoms. The maximum atomic E-state index is 13.2. The average Bonchev–Trinajstić information content (AvgIpc) is 2.22. The molecule has 0 saturated heterocycles. The highest BCUT2D eigenvalue weighted by Crippen LogP contribution is 2.32. The summed E-state index contributed by atoms with van der Waals surface area (Å²) in [5, 5.41) is -0.0386. The van der Waals surface area contributed by atoms with Crippen LogP contribution in [-0.2, 0) is 9.53 Å². The number of esters is 1. The molecule has 0 saturated carbocycles. The quantitative estimate of drug-likeness (QED) is 0.791. The summed E-state index contributed by atoms with van der Waals surface area (Å²) in [5.41, 5.74) is 0. The van der Waals surface area contributed by atoms with Crippen molar-refractivity contribution in [2.24, 2.45) is 0 Å². The van der Waals surface area contributed by atoms with Gasteiger partial charge in [-0.3, -0.25) is 0 Å². The van der Waals surface area contributed by atoms with E-state index in [1.807, 2.05) is 0 Å². The Balaban J connectivity index is 2.86. The van der Waals surface area contributed by atoms with Gasteiger partial charge in [-0.1, -0.05) is 27.5 Å². The Morgan fingerprint density at radius 1 is 1.53 bits per heavy atom. The second kappa shape index (κ2) is 5.64. The minimum Gasteiger partial charge on any atom is -0.459 e. The molecule has 0 aromatic heterocycles. The molecule has 0 amide bonds. The summed E-state index contributed by atoms with van der Waals surface area (Å²) in [6, 6.07) is 4.06. The minimum atomic E-state index is -4.06. The number of ether oxygens (including phenoxy) is 2. The van der Waals surface area contributed by atoms with Gasteiger partial charge in [-0.2, -0.15) is 8.78 Å². The third kappa shape index (κ3) is 3.81. The maximum Gasteiger partial charge on any atom is 0.502 e. The van der Waals surface area contributed by atoms with Gasteiger partial charge in [0.2, 0.25) is 0 Å². The minimum absolute atomic E-state index is 0.0386. The molecule has 0 heterocycles. The van der Waals surface area contributed by atoms with Crippen LogP contribution in [0.3, 0.4) is 0 Å². The van der Waals surface area contributed by atoms with Gasteiger partial charge in [0, 0.05) is 4.47 Å². The summed E-state index contributed by atoms with van der Waals surface area (Å²) in [6.45, 7) is 1.26. The molecule has 1 aromatic carbocycles. The average molecular weight is 330 g/mol. The number of carbonyl (C=O) groups excluding carboxylic acids is 1. The van der Waals surface area contributed by atoms with E-state index < -0.39 is 12.1 Å². The highest BCUT2D eigenvalue weighted by atomic mass is 79.9. The first-order valence-electron chi connectivity index (χ1n) is 4.56. The number of rotatable bonds is 4. The van der Waals surface area contributed by atoms with E-state index >= 15 is 0 Å². The lowest BCUT2D eigenvalue weighted by Crippen LogP contribution is -2.36. The summed E-state index contributed by atoms with van der Waals surface area (Å²) in [4.78, 5) is 10.9. The first-order chi connectivity index (χ1) is 7.86. The smallest absolute Gasteiger partial charge is 0.459 e. The van der Waals surface area contributed by atoms with E-state index in [-0.39, 0.29) is 17.4 Å². The van der Waals surface area contributed by atoms with E-state index in [9.17, 15) is 13.6 Å². The van der Waals surface area contributed by atoms with Crippen molar-refractivity contribution in [3.05, 3.63) is 27.7 Å². The van der Waals surface area contributed by atoms with Crippen LogP contribution < -0.4 is 4.74 Å². The van der Waals surface area contributed by atoms with Gasteiger partial charge in [-0.05, 0) is 25.1 Å². The molecule has 94 valence electrons. The van der Waals surface area contributed by atoms with Crippen LogP contribution in [0.25, 0.3) is 0 Å². The molecular formula is C10H8BrClF2O3. The van der Waals surface area contributed by atoms with Crippen LogP contribution >= 0.6 is 27.5 Å². The largest absolute Gasteiger partial charge is 0.502 e. The van der Waals surface area contributed by atoms with Crippen LogP contribution in [0.2, 0.25) is 5.02 Å². The van der Waals surface area contributed by atoms with Crippen LogP contribution in [0.1, 0.15) is 6.92 Å². The lowest BCUT2D eigenvalue weighted by atomic mass is 10.3. The zero-order valence-electron chi connectivity index (χ0n) is 8.68. The lowest BCUT2D eigenvalue weighted by Gasteiger charge is -2.16. The predicted octanol–water partition coefficient (Wildman–Crippen LogP) is 3.64. The SMILES string of the molecule is CCOC(=O)C(F)(F)Oc1ccc(Br)cc1Cl. The number of carbonyl (C=O) groups is 1. The number of benzene rings is 1. The van der Waals surface area contributed by atoms with Crippen molar-refractivity contribution in [1.82, 2.24) is 0 Å². The van der Waals surface area contributed by atoms with Gasteiger partial charge in [-0.15, -0.1) is 0 Å². The highest BCUT2D eigenvalue weighted by Gasteiger charge is 2.44. The molecule has 0 radical (unpaired) electrons. The number of hydrogen-bond donors (Lipinski definition) is 0. The van der Waals surface area contributed by atoms with E-state index in [4.69, 9.17) is 11.6 Å². The second-order valence-electron chi connectivity index (χ2n) is 2.91. The highest BCUT2D eigenvalue weighted by molar-refractivity contribution is 9.10. The third-order valence-electron chi connectivity index (χ3n) is 1.65. The Morgan fingerprint density at radius 3 is 2.71 bits per heavy atom. The van der Waals surface area contributed by atoms with Gasteiger partial charge < -0.3 is 9.47 Å². The Hall–Kier alpha value is -0.880. The first kappa shape index (κ1) is 14.2. The molecule has 0 atom stereocenters. The topological polar surface area (TPSA) is 35.5 Å². The van der Waals surface area contributed by atoms with Crippen LogP contribution in [0.5, 0.6) is 5.75 Å². The molecule has 7 heteroatoms. The summed E-state index contributed by atoms with van der Waals surface area (Å²) in [7, 11) is 0. The number of alkyl halides is 2. The van der Waals surface area contributed by atoms with Crippen molar-refractivity contribution in [2.45, 2.75) is 13.0 Å². The summed E-state index contributed by atoms with van der Waals surface area (Å²) in [5.74, 6) is -2.05. The van der Waals surface area contributed by atoms with E-state index in [2.05, 4.69) is 25.4 Å². The molecule has 0 aliphatic rings. The van der Waals surface area contributed by atoms with Gasteiger partial charge in [0.1, 0.15) is 5.75 Å². The lowest BCUT2D eigenvalue weighted by molar-refractivity contribution is -0.216. The molecule has 1 rings (SSSR count). The van der Waals surface area contributed by atoms with Crippen LogP contribution in [0.4, 0.5) is 8.78 Å². The fourth-order valence-corrected chi connectivity index (χ4v) is 1.66. The van der Waals surface area contributed by atoms with Crippen molar-refractivity contribution in [3.8, 4) is 5.75 Å². The third-order valence-corrected chi connectivity index (χ3v) is 2.43. The van der Waals surface area contributed by atoms with Crippen molar-refractivity contribution < 1.29 is 23.0 Å². The van der Waals surface area contributed by atoms with Gasteiger partial charge in [0.15, 0.2) is 0 Å². The number of hydrogen-bond acceptors (Lipinski definition) is 3. The van der Waals surface area contributed by atoms with Gasteiger partial charge >= 0.3 is 12.1 Å². The predicted molar refractivity (Wildman–Crippen MR) is 61.4 cm³/mol. The van der Waals surface area contributed by atoms with E-state index in [1.54, 1.807) is 0 Å². The second-order valence-corrected chi connectivity index (χ2v) is 4.24. The molecule has 0 spiro atoms. The molecule has 17 heavy (non-hydrogen) atoms. The Kier molecular flexibility index (Phi) is 4.70. The molecule has 1 aromatic rings. The molecule has 3 nitrogen and oxygen atoms in total. The van der Waals surface area contributed by atoms with Gasteiger partial charge in [0.25, 0.3) is 0 Å². The van der Waals surface area contributed by atoms with Crippen molar-refractivity contribution in [1.29, 1.82) is 0 Å². The van der Waals surface area contributed by atoms with E-state index in [1.165, 1.54) is 25.1 Å². The normalized spacial score (nSPS) is 11.1. The summed E-state index contributed by atoms with van der Waals surface area (Å²) >= 11 is 8.79. The first-order valence-corrected chi connectivity index (χ1v) is 5.73. The molecule has 0 fully saturated rings. The Bertz CT molecular complexity index is 426. The molecular weight excluding hydrogens is 321 g/mol. The zero-order valence-corrected chi connectivity index (χ0v) is 11.0. The monoisotopic (exact) mass is 328 g/mol. The fraction of sp³-hybridized carbons (Fsp3) is 0.300. The van der Waals surface area contributed by atoms with Crippen LogP contribution in [-0.4, -0.2) is 18.7 Å². The number of halogens is 4. The van der Waals surface area contributed by atoms with Crippen LogP contribution in [0.15, 0.2) is 22.7 Å². The van der Waals surface area contributed by atoms with E-state index in [0.29, 0.717) is 4.47 Å². The van der Waals surface area contributed by atoms with Crippen molar-refractivity contribution >= 4 is 33.5 Å². The Morgan fingerprint density at radius 2 is 2.18 bits per heavy atom. The van der Waals surface area contributed by atoms with Gasteiger partial charge in [-0.25, -0.2) is 4.79 Å². The fourth-order valence-electron chi connectivity index (χ4n) is 0.953. The molecule has 0 unspecified atom stereocenters. The van der Waals surface area contributed by atoms with Crippen molar-refractivity contribution in [2.75, 3.05) is 6.61 Å². The summed E-state index contributed by atoms with van der Waals surface area (Å²) < 4.78 is 35.4. The van der Waals surface area contributed by atoms with E-state index in [0.717, 1.165) is 0 Å². The van der Waals surface area contributed by atoms with Crippen molar-refractivity contribution in [3.63, 3.8) is 0 Å². The molecule has 0 aliphatic heterocycles. The Labute approximate surface area is 110 Å². The molecule has 0 aliphatic carbocycles. The summed E-state index contributed by atoms with van der Waals surface area (Å²) in [6.07, 6.45) is -4.06. The zero-order chi connectivity index (χ0) is 13.1. The maximum absolute atomic E-state index is 13.2.